The average molecular weight is 269 g/mol. The minimum Gasteiger partial charge on any atom is -0.481 e. The quantitative estimate of drug-likeness (QED) is 0.843. The second-order valence-electron chi connectivity index (χ2n) is 5.86. The number of carbonyl (C=O) groups is 2. The third kappa shape index (κ3) is 2.48. The zero-order chi connectivity index (χ0) is 14.2. The minimum atomic E-state index is -0.801. The van der Waals surface area contributed by atoms with Crippen LogP contribution < -0.4 is 0 Å². The van der Waals surface area contributed by atoms with Crippen LogP contribution >= 0.6 is 0 Å². The summed E-state index contributed by atoms with van der Waals surface area (Å²) in [5.74, 6) is -1.30. The first kappa shape index (κ1) is 14.3. The van der Waals surface area contributed by atoms with Crippen LogP contribution in [-0.4, -0.2) is 47.2 Å². The van der Waals surface area contributed by atoms with E-state index in [0.717, 1.165) is 19.3 Å². The molecule has 1 N–H and O–H groups in total. The van der Waals surface area contributed by atoms with E-state index in [1.54, 1.807) is 12.0 Å². The van der Waals surface area contributed by atoms with E-state index in [1.807, 2.05) is 13.8 Å². The van der Waals surface area contributed by atoms with Gasteiger partial charge in [0.25, 0.3) is 0 Å². The molecular formula is C14H23NO4. The number of hydrogen-bond acceptors (Lipinski definition) is 3. The van der Waals surface area contributed by atoms with Gasteiger partial charge in [0.15, 0.2) is 0 Å². The Kier molecular flexibility index (Phi) is 4.13. The second-order valence-corrected chi connectivity index (χ2v) is 5.86. The molecule has 0 spiro atoms. The molecule has 0 bridgehead atoms. The van der Waals surface area contributed by atoms with Gasteiger partial charge in [0.1, 0.15) is 0 Å². The highest BCUT2D eigenvalue weighted by Crippen LogP contribution is 2.36. The fraction of sp³-hybridized carbons (Fsp3) is 0.857. The number of aliphatic carboxylic acids is 1. The van der Waals surface area contributed by atoms with Crippen LogP contribution in [0, 0.1) is 11.8 Å². The summed E-state index contributed by atoms with van der Waals surface area (Å²) in [7, 11) is 1.67. The Morgan fingerprint density at radius 1 is 1.37 bits per heavy atom. The van der Waals surface area contributed by atoms with E-state index in [9.17, 15) is 14.7 Å². The Morgan fingerprint density at radius 3 is 2.63 bits per heavy atom. The number of ether oxygens (including phenoxy) is 1. The number of piperidine rings is 1. The van der Waals surface area contributed by atoms with E-state index in [-0.39, 0.29) is 30.0 Å². The van der Waals surface area contributed by atoms with E-state index < -0.39 is 11.9 Å². The van der Waals surface area contributed by atoms with Gasteiger partial charge in [-0.15, -0.1) is 0 Å². The molecule has 1 heterocycles. The Labute approximate surface area is 113 Å². The lowest BCUT2D eigenvalue weighted by atomic mass is 9.80. The number of amides is 1. The van der Waals surface area contributed by atoms with Crippen LogP contribution in [0.2, 0.25) is 0 Å². The molecule has 19 heavy (non-hydrogen) atoms. The number of hydrogen-bond donors (Lipinski definition) is 1. The van der Waals surface area contributed by atoms with E-state index >= 15 is 0 Å². The van der Waals surface area contributed by atoms with Crippen LogP contribution in [0.15, 0.2) is 0 Å². The smallest absolute Gasteiger partial charge is 0.308 e. The molecule has 0 aromatic carbocycles. The fourth-order valence-electron chi connectivity index (χ4n) is 3.82. The summed E-state index contributed by atoms with van der Waals surface area (Å²) >= 11 is 0. The lowest BCUT2D eigenvalue weighted by Crippen LogP contribution is -2.58. The van der Waals surface area contributed by atoms with Crippen LogP contribution in [0.4, 0.5) is 0 Å². The van der Waals surface area contributed by atoms with Gasteiger partial charge in [-0.25, -0.2) is 0 Å². The number of nitrogens with zero attached hydrogens (tertiary/aromatic N) is 1. The summed E-state index contributed by atoms with van der Waals surface area (Å²) in [6, 6.07) is -0.212. The maximum Gasteiger partial charge on any atom is 0.308 e. The first-order valence-corrected chi connectivity index (χ1v) is 7.04. The summed E-state index contributed by atoms with van der Waals surface area (Å²) in [5.41, 5.74) is 0. The highest BCUT2D eigenvalue weighted by molar-refractivity contribution is 5.82. The summed E-state index contributed by atoms with van der Waals surface area (Å²) in [4.78, 5) is 25.5. The number of likely N-dealkylation sites (tertiary alicyclic amines) is 1. The average Bonchev–Trinajstić information content (AvgIpc) is 2.75. The van der Waals surface area contributed by atoms with Crippen molar-refractivity contribution in [1.29, 1.82) is 0 Å². The number of rotatable bonds is 3. The molecule has 2 fully saturated rings. The molecule has 5 unspecified atom stereocenters. The van der Waals surface area contributed by atoms with Gasteiger partial charge in [-0.3, -0.25) is 9.59 Å². The number of carboxylic acids is 1. The molecule has 1 saturated carbocycles. The predicted molar refractivity (Wildman–Crippen MR) is 69.7 cm³/mol. The standard InChI is InChI=1S/C14H23NO4/c1-8-7-12(16)15(9(2)13(8)14(17)18)10-5-4-6-11(10)19-3/h8-11,13H,4-7H2,1-3H3,(H,17,18). The van der Waals surface area contributed by atoms with Crippen molar-refractivity contribution in [3.05, 3.63) is 0 Å². The Morgan fingerprint density at radius 2 is 2.05 bits per heavy atom. The monoisotopic (exact) mass is 269 g/mol. The molecule has 0 radical (unpaired) electrons. The van der Waals surface area contributed by atoms with E-state index in [2.05, 4.69) is 0 Å². The highest BCUT2D eigenvalue weighted by Gasteiger charge is 2.46. The van der Waals surface area contributed by atoms with E-state index in [0.29, 0.717) is 6.42 Å². The van der Waals surface area contributed by atoms with Crippen molar-refractivity contribution in [2.75, 3.05) is 7.11 Å². The van der Waals surface area contributed by atoms with Gasteiger partial charge in [0.05, 0.1) is 18.1 Å². The topological polar surface area (TPSA) is 66.8 Å². The van der Waals surface area contributed by atoms with Gasteiger partial charge >= 0.3 is 5.97 Å². The molecule has 2 rings (SSSR count). The van der Waals surface area contributed by atoms with Crippen molar-refractivity contribution in [1.82, 2.24) is 4.90 Å². The molecule has 1 aliphatic heterocycles. The highest BCUT2D eigenvalue weighted by atomic mass is 16.5. The third-order valence-corrected chi connectivity index (χ3v) is 4.72. The lowest BCUT2D eigenvalue weighted by Gasteiger charge is -2.45. The van der Waals surface area contributed by atoms with Crippen LogP contribution in [0.3, 0.4) is 0 Å². The maximum atomic E-state index is 12.3. The van der Waals surface area contributed by atoms with Crippen molar-refractivity contribution in [3.8, 4) is 0 Å². The van der Waals surface area contributed by atoms with Crippen LogP contribution in [-0.2, 0) is 14.3 Å². The Balaban J connectivity index is 2.23. The van der Waals surface area contributed by atoms with Gasteiger partial charge in [-0.05, 0) is 32.1 Å². The zero-order valence-electron chi connectivity index (χ0n) is 11.8. The molecule has 5 heteroatoms. The molecule has 5 nitrogen and oxygen atoms in total. The number of carboxylic acid groups (broad SMARTS) is 1. The van der Waals surface area contributed by atoms with Crippen LogP contribution in [0.5, 0.6) is 0 Å². The second kappa shape index (κ2) is 5.49. The first-order chi connectivity index (χ1) is 8.97. The van der Waals surface area contributed by atoms with Gasteiger partial charge in [0, 0.05) is 19.6 Å². The van der Waals surface area contributed by atoms with Gasteiger partial charge in [-0.1, -0.05) is 6.92 Å². The zero-order valence-corrected chi connectivity index (χ0v) is 11.8. The van der Waals surface area contributed by atoms with Gasteiger partial charge in [0.2, 0.25) is 5.91 Å². The van der Waals surface area contributed by atoms with E-state index in [1.165, 1.54) is 0 Å². The maximum absolute atomic E-state index is 12.3. The molecule has 1 aliphatic carbocycles. The minimum absolute atomic E-state index is 0.0434. The lowest BCUT2D eigenvalue weighted by molar-refractivity contribution is -0.159. The van der Waals surface area contributed by atoms with Crippen molar-refractivity contribution in [2.24, 2.45) is 11.8 Å². The SMILES string of the molecule is COC1CCCC1N1C(=O)CC(C)C(C(=O)O)C1C. The van der Waals surface area contributed by atoms with Crippen molar-refractivity contribution < 1.29 is 19.4 Å². The van der Waals surface area contributed by atoms with Crippen molar-refractivity contribution >= 4 is 11.9 Å². The fourth-order valence-corrected chi connectivity index (χ4v) is 3.82. The van der Waals surface area contributed by atoms with E-state index in [4.69, 9.17) is 4.74 Å². The molecular weight excluding hydrogens is 246 g/mol. The van der Waals surface area contributed by atoms with Gasteiger partial charge < -0.3 is 14.7 Å². The number of carbonyl (C=O) groups excluding carboxylic acids is 1. The molecule has 5 atom stereocenters. The van der Waals surface area contributed by atoms with Crippen LogP contribution in [0.25, 0.3) is 0 Å². The normalized spacial score (nSPS) is 39.6. The molecule has 0 aromatic rings. The summed E-state index contributed by atoms with van der Waals surface area (Å²) < 4.78 is 5.45. The third-order valence-electron chi connectivity index (χ3n) is 4.72. The first-order valence-electron chi connectivity index (χ1n) is 7.04. The summed E-state index contributed by atoms with van der Waals surface area (Å²) in [6.07, 6.45) is 3.27. The molecule has 108 valence electrons. The summed E-state index contributed by atoms with van der Waals surface area (Å²) in [6.45, 7) is 3.71. The Hall–Kier alpha value is -1.10. The number of methoxy groups -OCH3 is 1. The predicted octanol–water partition coefficient (Wildman–Crippen LogP) is 1.51. The largest absolute Gasteiger partial charge is 0.481 e. The van der Waals surface area contributed by atoms with Crippen molar-refractivity contribution in [2.45, 2.75) is 57.7 Å². The molecule has 2 aliphatic rings. The molecule has 1 saturated heterocycles. The Bertz CT molecular complexity index is 370. The van der Waals surface area contributed by atoms with Crippen LogP contribution in [0.1, 0.15) is 39.5 Å². The van der Waals surface area contributed by atoms with Gasteiger partial charge in [-0.2, -0.15) is 0 Å². The molecule has 1 amide bonds. The van der Waals surface area contributed by atoms with Crippen molar-refractivity contribution in [3.63, 3.8) is 0 Å². The summed E-state index contributed by atoms with van der Waals surface area (Å²) in [5, 5.41) is 9.38. The molecule has 0 aromatic heterocycles.